The van der Waals surface area contributed by atoms with Gasteiger partial charge in [0.1, 0.15) is 0 Å². The second-order valence-corrected chi connectivity index (χ2v) is 9.77. The van der Waals surface area contributed by atoms with Gasteiger partial charge in [0.25, 0.3) is 0 Å². The summed E-state index contributed by atoms with van der Waals surface area (Å²) in [6.07, 6.45) is 1.34. The van der Waals surface area contributed by atoms with E-state index in [0.29, 0.717) is 41.5 Å². The molecule has 3 rings (SSSR count). The molecule has 2 aromatic rings. The first-order valence-electron chi connectivity index (χ1n) is 9.08. The van der Waals surface area contributed by atoms with Gasteiger partial charge in [-0.1, -0.05) is 47.5 Å². The number of carbonyl (C=O) groups is 1. The largest absolute Gasteiger partial charge is 0.352 e. The van der Waals surface area contributed by atoms with Crippen molar-refractivity contribution in [2.45, 2.75) is 25.1 Å². The van der Waals surface area contributed by atoms with Crippen LogP contribution < -0.4 is 5.32 Å². The highest BCUT2D eigenvalue weighted by atomic mass is 35.5. The van der Waals surface area contributed by atoms with Gasteiger partial charge in [0.2, 0.25) is 15.9 Å². The Kier molecular flexibility index (Phi) is 6.99. The van der Waals surface area contributed by atoms with Crippen molar-refractivity contribution in [3.63, 3.8) is 0 Å². The molecule has 8 heteroatoms. The Morgan fingerprint density at radius 3 is 2.54 bits per heavy atom. The minimum atomic E-state index is -3.51. The zero-order valence-electron chi connectivity index (χ0n) is 15.3. The van der Waals surface area contributed by atoms with Crippen molar-refractivity contribution >= 4 is 39.1 Å². The van der Waals surface area contributed by atoms with Crippen molar-refractivity contribution in [3.05, 3.63) is 69.7 Å². The zero-order chi connectivity index (χ0) is 20.1. The predicted molar refractivity (Wildman–Crippen MR) is 112 cm³/mol. The third-order valence-corrected chi connectivity index (χ3v) is 7.07. The molecule has 0 spiro atoms. The third kappa shape index (κ3) is 5.70. The lowest BCUT2D eigenvalue weighted by atomic mass is 9.99. The number of carbonyl (C=O) groups excluding carboxylic acids is 1. The van der Waals surface area contributed by atoms with E-state index in [0.717, 1.165) is 5.56 Å². The molecular formula is C20H22Cl2N2O3S. The number of benzene rings is 2. The molecule has 0 unspecified atom stereocenters. The lowest BCUT2D eigenvalue weighted by molar-refractivity contribution is -0.126. The molecule has 0 radical (unpaired) electrons. The number of hydrogen-bond donors (Lipinski definition) is 1. The highest BCUT2D eigenvalue weighted by molar-refractivity contribution is 7.88. The molecular weight excluding hydrogens is 419 g/mol. The quantitative estimate of drug-likeness (QED) is 0.741. The summed E-state index contributed by atoms with van der Waals surface area (Å²) in [6.45, 7) is 1.03. The van der Waals surface area contributed by atoms with Crippen LogP contribution in [0.15, 0.2) is 48.5 Å². The lowest BCUT2D eigenvalue weighted by Crippen LogP contribution is -2.45. The summed E-state index contributed by atoms with van der Waals surface area (Å²) in [6, 6.07) is 14.1. The molecule has 2 aromatic carbocycles. The van der Waals surface area contributed by atoms with Gasteiger partial charge in [0.15, 0.2) is 0 Å². The summed E-state index contributed by atoms with van der Waals surface area (Å²) in [5.74, 6) is -0.597. The molecule has 1 atom stereocenters. The summed E-state index contributed by atoms with van der Waals surface area (Å²) in [4.78, 5) is 12.5. The number of nitrogens with one attached hydrogen (secondary N) is 1. The standard InChI is InChI=1S/C20H22Cl2N2O3S/c21-18-8-6-15(7-9-18)12-23-20(25)17-4-2-10-24(13-17)28(26,27)14-16-3-1-5-19(22)11-16/h1,3,5-9,11,17H,2,4,10,12-14H2,(H,23,25)/t17-/m0/s1. The van der Waals surface area contributed by atoms with Crippen molar-refractivity contribution in [2.24, 2.45) is 5.92 Å². The van der Waals surface area contributed by atoms with Gasteiger partial charge in [0.05, 0.1) is 11.7 Å². The molecule has 0 aromatic heterocycles. The number of rotatable bonds is 6. The van der Waals surface area contributed by atoms with Gasteiger partial charge in [-0.3, -0.25) is 4.79 Å². The van der Waals surface area contributed by atoms with E-state index >= 15 is 0 Å². The van der Waals surface area contributed by atoms with E-state index < -0.39 is 10.0 Å². The van der Waals surface area contributed by atoms with E-state index in [1.165, 1.54) is 4.31 Å². The first-order valence-corrected chi connectivity index (χ1v) is 11.4. The Bertz CT molecular complexity index is 933. The van der Waals surface area contributed by atoms with Gasteiger partial charge in [-0.05, 0) is 48.2 Å². The molecule has 1 amide bonds. The van der Waals surface area contributed by atoms with Gasteiger partial charge in [-0.2, -0.15) is 0 Å². The Labute approximate surface area is 175 Å². The molecule has 0 saturated carbocycles. The van der Waals surface area contributed by atoms with Crippen LogP contribution in [-0.2, 0) is 27.1 Å². The van der Waals surface area contributed by atoms with Crippen LogP contribution in [0.4, 0.5) is 0 Å². The van der Waals surface area contributed by atoms with Crippen LogP contribution in [-0.4, -0.2) is 31.7 Å². The molecule has 28 heavy (non-hydrogen) atoms. The smallest absolute Gasteiger partial charge is 0.224 e. The summed E-state index contributed by atoms with van der Waals surface area (Å²) in [7, 11) is -3.51. The zero-order valence-corrected chi connectivity index (χ0v) is 17.6. The van der Waals surface area contributed by atoms with Crippen LogP contribution in [0.2, 0.25) is 10.0 Å². The van der Waals surface area contributed by atoms with Crippen LogP contribution in [0.25, 0.3) is 0 Å². The van der Waals surface area contributed by atoms with Crippen molar-refractivity contribution in [1.29, 1.82) is 0 Å². The van der Waals surface area contributed by atoms with Crippen molar-refractivity contribution in [1.82, 2.24) is 9.62 Å². The summed E-state index contributed by atoms with van der Waals surface area (Å²) >= 11 is 11.8. The normalized spacial score (nSPS) is 18.0. The van der Waals surface area contributed by atoms with Crippen molar-refractivity contribution < 1.29 is 13.2 Å². The summed E-state index contributed by atoms with van der Waals surface area (Å²) in [5, 5.41) is 4.04. The molecule has 1 aliphatic rings. The summed E-state index contributed by atoms with van der Waals surface area (Å²) in [5.41, 5.74) is 1.58. The number of halogens is 2. The average molecular weight is 441 g/mol. The molecule has 1 N–H and O–H groups in total. The second kappa shape index (κ2) is 9.27. The maximum atomic E-state index is 12.8. The molecule has 0 aliphatic carbocycles. The Hall–Kier alpha value is -1.60. The Balaban J connectivity index is 1.59. The first kappa shape index (κ1) is 21.1. The van der Waals surface area contributed by atoms with Gasteiger partial charge < -0.3 is 5.32 Å². The van der Waals surface area contributed by atoms with E-state index in [1.807, 2.05) is 12.1 Å². The second-order valence-electron chi connectivity index (χ2n) is 6.93. The van der Waals surface area contributed by atoms with E-state index in [4.69, 9.17) is 23.2 Å². The fourth-order valence-electron chi connectivity index (χ4n) is 3.27. The third-order valence-electron chi connectivity index (χ3n) is 4.77. The minimum absolute atomic E-state index is 0.118. The lowest BCUT2D eigenvalue weighted by Gasteiger charge is -2.31. The molecule has 5 nitrogen and oxygen atoms in total. The van der Waals surface area contributed by atoms with Crippen LogP contribution in [0.5, 0.6) is 0 Å². The van der Waals surface area contributed by atoms with E-state index in [1.54, 1.807) is 36.4 Å². The minimum Gasteiger partial charge on any atom is -0.352 e. The van der Waals surface area contributed by atoms with Crippen LogP contribution >= 0.6 is 23.2 Å². The number of hydrogen-bond acceptors (Lipinski definition) is 3. The monoisotopic (exact) mass is 440 g/mol. The topological polar surface area (TPSA) is 66.5 Å². The first-order chi connectivity index (χ1) is 13.3. The van der Waals surface area contributed by atoms with E-state index in [2.05, 4.69) is 5.32 Å². The predicted octanol–water partition coefficient (Wildman–Crippen LogP) is 3.85. The molecule has 1 aliphatic heterocycles. The van der Waals surface area contributed by atoms with E-state index in [-0.39, 0.29) is 24.1 Å². The molecule has 1 fully saturated rings. The SMILES string of the molecule is O=C(NCc1ccc(Cl)cc1)[C@H]1CCCN(S(=O)(=O)Cc2cccc(Cl)c2)C1. The number of amides is 1. The van der Waals surface area contributed by atoms with Crippen LogP contribution in [0.3, 0.4) is 0 Å². The van der Waals surface area contributed by atoms with Crippen molar-refractivity contribution in [3.8, 4) is 0 Å². The molecule has 1 heterocycles. The van der Waals surface area contributed by atoms with Gasteiger partial charge in [-0.25, -0.2) is 12.7 Å². The van der Waals surface area contributed by atoms with Crippen molar-refractivity contribution in [2.75, 3.05) is 13.1 Å². The van der Waals surface area contributed by atoms with Crippen LogP contribution in [0, 0.1) is 5.92 Å². The maximum absolute atomic E-state index is 12.8. The average Bonchev–Trinajstić information content (AvgIpc) is 2.67. The Morgan fingerprint density at radius 1 is 1.07 bits per heavy atom. The van der Waals surface area contributed by atoms with Gasteiger partial charge in [0, 0.05) is 29.7 Å². The fourth-order valence-corrected chi connectivity index (χ4v) is 5.21. The van der Waals surface area contributed by atoms with Gasteiger partial charge in [-0.15, -0.1) is 0 Å². The molecule has 1 saturated heterocycles. The fraction of sp³-hybridized carbons (Fsp3) is 0.350. The number of nitrogens with zero attached hydrogens (tertiary/aromatic N) is 1. The molecule has 150 valence electrons. The van der Waals surface area contributed by atoms with Crippen LogP contribution in [0.1, 0.15) is 24.0 Å². The highest BCUT2D eigenvalue weighted by Crippen LogP contribution is 2.23. The molecule has 0 bridgehead atoms. The highest BCUT2D eigenvalue weighted by Gasteiger charge is 2.32. The number of sulfonamides is 1. The Morgan fingerprint density at radius 2 is 1.82 bits per heavy atom. The number of piperidine rings is 1. The van der Waals surface area contributed by atoms with Gasteiger partial charge >= 0.3 is 0 Å². The maximum Gasteiger partial charge on any atom is 0.224 e. The van der Waals surface area contributed by atoms with E-state index in [9.17, 15) is 13.2 Å². The summed E-state index contributed by atoms with van der Waals surface area (Å²) < 4.78 is 27.0.